The number of carbonyl (C=O) groups excluding carboxylic acids is 1. The Labute approximate surface area is 119 Å². The number of anilines is 1. The number of H-pyrrole nitrogens is 1. The third-order valence-corrected chi connectivity index (χ3v) is 3.19. The topological polar surface area (TPSA) is 82.3 Å². The minimum absolute atomic E-state index is 0.199. The van der Waals surface area contributed by atoms with E-state index in [1.54, 1.807) is 12.4 Å². The Morgan fingerprint density at radius 3 is 2.90 bits per heavy atom. The molecule has 2 atom stereocenters. The number of ether oxygens (including phenoxy) is 1. The van der Waals surface area contributed by atoms with Crippen LogP contribution in [0.4, 0.5) is 10.5 Å². The Morgan fingerprint density at radius 1 is 1.50 bits per heavy atom. The monoisotopic (exact) mass is 281 g/mol. The second-order valence-corrected chi connectivity index (χ2v) is 5.24. The van der Waals surface area contributed by atoms with Crippen LogP contribution >= 0.6 is 0 Å². The fraction of sp³-hybridized carbons (Fsp3) is 0.692. The lowest BCUT2D eigenvalue weighted by atomic mass is 10.2. The summed E-state index contributed by atoms with van der Waals surface area (Å²) < 4.78 is 5.69. The summed E-state index contributed by atoms with van der Waals surface area (Å²) in [5.74, 6) is 0. The van der Waals surface area contributed by atoms with E-state index in [0.717, 1.165) is 26.1 Å². The standard InChI is InChI=1S/C13H23N5O2/c1-10-8-18(9-11(2)20-10)5-3-4-14-13(19)17-12-6-15-16-7-12/h6-7,10-11H,3-5,8-9H2,1-2H3,(H,15,16)(H2,14,17,19)/t10-,11-/m0/s1. The van der Waals surface area contributed by atoms with Crippen molar-refractivity contribution < 1.29 is 9.53 Å². The zero-order valence-corrected chi connectivity index (χ0v) is 12.1. The Hall–Kier alpha value is -1.60. The van der Waals surface area contributed by atoms with Gasteiger partial charge in [-0.3, -0.25) is 10.00 Å². The van der Waals surface area contributed by atoms with E-state index in [0.29, 0.717) is 12.2 Å². The van der Waals surface area contributed by atoms with E-state index in [4.69, 9.17) is 4.74 Å². The van der Waals surface area contributed by atoms with E-state index in [-0.39, 0.29) is 18.2 Å². The molecule has 0 saturated carbocycles. The lowest BCUT2D eigenvalue weighted by Gasteiger charge is -2.35. The maximum absolute atomic E-state index is 11.6. The van der Waals surface area contributed by atoms with E-state index in [2.05, 4.69) is 39.6 Å². The largest absolute Gasteiger partial charge is 0.373 e. The van der Waals surface area contributed by atoms with Gasteiger partial charge in [0.1, 0.15) is 0 Å². The molecule has 2 heterocycles. The molecular formula is C13H23N5O2. The number of nitrogens with zero attached hydrogens (tertiary/aromatic N) is 2. The first kappa shape index (κ1) is 14.8. The van der Waals surface area contributed by atoms with Crippen molar-refractivity contribution in [1.82, 2.24) is 20.4 Å². The number of aromatic amines is 1. The molecule has 3 N–H and O–H groups in total. The Kier molecular flexibility index (Phi) is 5.37. The fourth-order valence-corrected chi connectivity index (χ4v) is 2.47. The first-order valence-corrected chi connectivity index (χ1v) is 7.05. The molecule has 112 valence electrons. The summed E-state index contributed by atoms with van der Waals surface area (Å²) in [6.45, 7) is 7.75. The van der Waals surface area contributed by atoms with Gasteiger partial charge in [0.15, 0.2) is 0 Å². The predicted octanol–water partition coefficient (Wildman–Crippen LogP) is 1.03. The number of rotatable bonds is 5. The molecule has 0 radical (unpaired) electrons. The average Bonchev–Trinajstić information content (AvgIpc) is 2.86. The molecule has 7 heteroatoms. The second-order valence-electron chi connectivity index (χ2n) is 5.24. The Balaban J connectivity index is 1.58. The molecule has 2 rings (SSSR count). The fourth-order valence-electron chi connectivity index (χ4n) is 2.47. The predicted molar refractivity (Wildman–Crippen MR) is 76.7 cm³/mol. The molecule has 0 unspecified atom stereocenters. The Bertz CT molecular complexity index is 399. The molecule has 1 aliphatic rings. The van der Waals surface area contributed by atoms with Crippen LogP contribution in [0.5, 0.6) is 0 Å². The molecule has 1 fully saturated rings. The molecule has 0 aliphatic carbocycles. The number of urea groups is 1. The molecule has 7 nitrogen and oxygen atoms in total. The highest BCUT2D eigenvalue weighted by Gasteiger charge is 2.21. The van der Waals surface area contributed by atoms with Crippen LogP contribution in [-0.4, -0.2) is 59.5 Å². The number of morpholine rings is 1. The molecular weight excluding hydrogens is 258 g/mol. The maximum Gasteiger partial charge on any atom is 0.319 e. The van der Waals surface area contributed by atoms with Crippen LogP contribution in [0.15, 0.2) is 12.4 Å². The zero-order valence-electron chi connectivity index (χ0n) is 12.1. The third kappa shape index (κ3) is 4.82. The van der Waals surface area contributed by atoms with Gasteiger partial charge in [0, 0.05) is 32.4 Å². The second kappa shape index (κ2) is 7.25. The van der Waals surface area contributed by atoms with Gasteiger partial charge in [0.2, 0.25) is 0 Å². The number of carbonyl (C=O) groups is 1. The number of nitrogens with one attached hydrogen (secondary N) is 3. The molecule has 0 spiro atoms. The third-order valence-electron chi connectivity index (χ3n) is 3.19. The number of amides is 2. The van der Waals surface area contributed by atoms with Crippen molar-refractivity contribution in [3.8, 4) is 0 Å². The molecule has 1 aromatic heterocycles. The SMILES string of the molecule is C[C@H]1CN(CCCNC(=O)Nc2cn[nH]c2)C[C@H](C)O1. The van der Waals surface area contributed by atoms with E-state index < -0.39 is 0 Å². The summed E-state index contributed by atoms with van der Waals surface area (Å²) >= 11 is 0. The van der Waals surface area contributed by atoms with Crippen LogP contribution in [-0.2, 0) is 4.74 Å². The number of hydrogen-bond donors (Lipinski definition) is 3. The van der Waals surface area contributed by atoms with Crippen molar-refractivity contribution in [1.29, 1.82) is 0 Å². The molecule has 1 aliphatic heterocycles. The summed E-state index contributed by atoms with van der Waals surface area (Å²) in [4.78, 5) is 14.0. The number of aromatic nitrogens is 2. The normalized spacial score (nSPS) is 23.5. The quantitative estimate of drug-likeness (QED) is 0.704. The van der Waals surface area contributed by atoms with Crippen molar-refractivity contribution >= 4 is 11.7 Å². The first-order chi connectivity index (χ1) is 9.63. The minimum Gasteiger partial charge on any atom is -0.373 e. The van der Waals surface area contributed by atoms with Crippen LogP contribution in [0.2, 0.25) is 0 Å². The highest BCUT2D eigenvalue weighted by Crippen LogP contribution is 2.10. The summed E-state index contributed by atoms with van der Waals surface area (Å²) in [5, 5.41) is 11.9. The van der Waals surface area contributed by atoms with Gasteiger partial charge in [-0.1, -0.05) is 0 Å². The van der Waals surface area contributed by atoms with Crippen molar-refractivity contribution in [3.63, 3.8) is 0 Å². The van der Waals surface area contributed by atoms with Gasteiger partial charge in [-0.25, -0.2) is 4.79 Å². The molecule has 1 aromatic rings. The van der Waals surface area contributed by atoms with Gasteiger partial charge in [-0.15, -0.1) is 0 Å². The molecule has 20 heavy (non-hydrogen) atoms. The Morgan fingerprint density at radius 2 is 2.25 bits per heavy atom. The number of hydrogen-bond acceptors (Lipinski definition) is 4. The zero-order chi connectivity index (χ0) is 14.4. The van der Waals surface area contributed by atoms with Crippen LogP contribution < -0.4 is 10.6 Å². The molecule has 0 bridgehead atoms. The van der Waals surface area contributed by atoms with E-state index in [1.165, 1.54) is 0 Å². The summed E-state index contributed by atoms with van der Waals surface area (Å²) in [7, 11) is 0. The molecule has 0 aromatic carbocycles. The summed E-state index contributed by atoms with van der Waals surface area (Å²) in [5.41, 5.74) is 0.665. The van der Waals surface area contributed by atoms with Gasteiger partial charge >= 0.3 is 6.03 Å². The van der Waals surface area contributed by atoms with Gasteiger partial charge in [0.05, 0.1) is 24.1 Å². The van der Waals surface area contributed by atoms with Gasteiger partial charge in [0.25, 0.3) is 0 Å². The van der Waals surface area contributed by atoms with Crippen LogP contribution in [0.1, 0.15) is 20.3 Å². The summed E-state index contributed by atoms with van der Waals surface area (Å²) in [6.07, 6.45) is 4.71. The van der Waals surface area contributed by atoms with Crippen LogP contribution in [0.3, 0.4) is 0 Å². The summed E-state index contributed by atoms with van der Waals surface area (Å²) in [6, 6.07) is -0.199. The van der Waals surface area contributed by atoms with E-state index in [1.807, 2.05) is 0 Å². The van der Waals surface area contributed by atoms with Crippen LogP contribution in [0.25, 0.3) is 0 Å². The van der Waals surface area contributed by atoms with Gasteiger partial charge < -0.3 is 15.4 Å². The van der Waals surface area contributed by atoms with Crippen molar-refractivity contribution in [2.75, 3.05) is 31.5 Å². The average molecular weight is 281 g/mol. The van der Waals surface area contributed by atoms with Crippen molar-refractivity contribution in [3.05, 3.63) is 12.4 Å². The smallest absolute Gasteiger partial charge is 0.319 e. The first-order valence-electron chi connectivity index (χ1n) is 7.05. The highest BCUT2D eigenvalue weighted by molar-refractivity contribution is 5.88. The molecule has 2 amide bonds. The van der Waals surface area contributed by atoms with E-state index >= 15 is 0 Å². The van der Waals surface area contributed by atoms with Gasteiger partial charge in [-0.05, 0) is 20.3 Å². The molecule has 1 saturated heterocycles. The van der Waals surface area contributed by atoms with E-state index in [9.17, 15) is 4.79 Å². The lowest BCUT2D eigenvalue weighted by molar-refractivity contribution is -0.0679. The lowest BCUT2D eigenvalue weighted by Crippen LogP contribution is -2.46. The highest BCUT2D eigenvalue weighted by atomic mass is 16.5. The maximum atomic E-state index is 11.6. The minimum atomic E-state index is -0.199. The van der Waals surface area contributed by atoms with Crippen molar-refractivity contribution in [2.24, 2.45) is 0 Å². The van der Waals surface area contributed by atoms with Gasteiger partial charge in [-0.2, -0.15) is 5.10 Å². The van der Waals surface area contributed by atoms with Crippen LogP contribution in [0, 0.1) is 0 Å². The van der Waals surface area contributed by atoms with Crippen molar-refractivity contribution in [2.45, 2.75) is 32.5 Å².